The molecule has 5 heteroatoms. The molecule has 0 aromatic carbocycles. The lowest BCUT2D eigenvalue weighted by Crippen LogP contribution is -2.04. The summed E-state index contributed by atoms with van der Waals surface area (Å²) in [5.74, 6) is -0.0579. The summed E-state index contributed by atoms with van der Waals surface area (Å²) in [5.41, 5.74) is 1.70. The Labute approximate surface area is 90.0 Å². The summed E-state index contributed by atoms with van der Waals surface area (Å²) in [5, 5.41) is 1.09. The highest BCUT2D eigenvalue weighted by molar-refractivity contribution is 6.52. The molecular formula is C9H10O3Si2. The van der Waals surface area contributed by atoms with Gasteiger partial charge in [-0.2, -0.15) is 0 Å². The van der Waals surface area contributed by atoms with Crippen molar-refractivity contribution in [3.63, 3.8) is 0 Å². The summed E-state index contributed by atoms with van der Waals surface area (Å²) in [6.07, 6.45) is 0. The van der Waals surface area contributed by atoms with Crippen LogP contribution in [0, 0.1) is 0 Å². The third-order valence-corrected chi connectivity index (χ3v) is 3.06. The van der Waals surface area contributed by atoms with E-state index >= 15 is 0 Å². The van der Waals surface area contributed by atoms with Gasteiger partial charge in [-0.25, -0.2) is 0 Å². The number of carbonyl (C=O) groups excluding carboxylic acids is 1. The van der Waals surface area contributed by atoms with Crippen molar-refractivity contribution >= 4 is 26.3 Å². The minimum atomic E-state index is -0.0579. The molecule has 0 N–H and O–H groups in total. The molecule has 0 aromatic heterocycles. The van der Waals surface area contributed by atoms with Crippen molar-refractivity contribution in [1.29, 1.82) is 0 Å². The van der Waals surface area contributed by atoms with E-state index in [-0.39, 0.29) is 5.78 Å². The van der Waals surface area contributed by atoms with Crippen molar-refractivity contribution < 1.29 is 14.3 Å². The van der Waals surface area contributed by atoms with Gasteiger partial charge >= 0.3 is 0 Å². The predicted molar refractivity (Wildman–Crippen MR) is 54.3 cm³/mol. The summed E-state index contributed by atoms with van der Waals surface area (Å²) in [7, 11) is 9.77. The molecule has 0 saturated heterocycles. The van der Waals surface area contributed by atoms with Crippen LogP contribution in [0.2, 0.25) is 0 Å². The Morgan fingerprint density at radius 2 is 1.36 bits per heavy atom. The van der Waals surface area contributed by atoms with Crippen LogP contribution < -0.4 is 0 Å². The zero-order chi connectivity index (χ0) is 10.7. The third-order valence-electron chi connectivity index (χ3n) is 2.00. The Morgan fingerprint density at radius 1 is 1.00 bits per heavy atom. The number of carbonyl (C=O) groups is 1. The summed E-state index contributed by atoms with van der Waals surface area (Å²) in [4.78, 5) is 11.6. The molecule has 0 unspecified atom stereocenters. The van der Waals surface area contributed by atoms with Gasteiger partial charge in [0.1, 0.15) is 0 Å². The van der Waals surface area contributed by atoms with Crippen molar-refractivity contribution in [3.05, 3.63) is 21.5 Å². The zero-order valence-electron chi connectivity index (χ0n) is 8.14. The van der Waals surface area contributed by atoms with Crippen LogP contribution in [0.1, 0.15) is 0 Å². The standard InChI is InChI=1S/C9H10O3Si2/c1-11-3-5-6(4-12-2)9(14)7(10)8(5)13/h3-4H2,1-2H3. The molecule has 0 atom stereocenters. The number of hydrogen-bond donors (Lipinski definition) is 0. The summed E-state index contributed by atoms with van der Waals surface area (Å²) < 4.78 is 10.0. The van der Waals surface area contributed by atoms with Crippen LogP contribution in [0.3, 0.4) is 0 Å². The maximum Gasteiger partial charge on any atom is 0.176 e. The second kappa shape index (κ2) is 4.83. The Balaban J connectivity index is 3.02. The zero-order valence-corrected chi connectivity index (χ0v) is 10.1. The largest absolute Gasteiger partial charge is 0.380 e. The first-order valence-electron chi connectivity index (χ1n) is 4.06. The molecule has 14 heavy (non-hydrogen) atoms. The highest BCUT2D eigenvalue weighted by Crippen LogP contribution is 2.26. The molecule has 1 aliphatic carbocycles. The molecule has 1 aliphatic rings. The van der Waals surface area contributed by atoms with E-state index in [1.807, 2.05) is 0 Å². The molecule has 0 spiro atoms. The number of Topliss-reactive ketones (excluding diaryl/α,β-unsaturated/α-hetero) is 1. The fourth-order valence-corrected chi connectivity index (χ4v) is 2.13. The first-order valence-corrected chi connectivity index (χ1v) is 5.06. The maximum atomic E-state index is 11.6. The van der Waals surface area contributed by atoms with Gasteiger partial charge in [0.05, 0.1) is 33.7 Å². The summed E-state index contributed by atoms with van der Waals surface area (Å²) >= 11 is 0. The van der Waals surface area contributed by atoms with Gasteiger partial charge in [-0.3, -0.25) is 4.79 Å². The van der Waals surface area contributed by atoms with Gasteiger partial charge in [0.2, 0.25) is 0 Å². The minimum Gasteiger partial charge on any atom is -0.380 e. The number of rotatable bonds is 4. The molecule has 0 bridgehead atoms. The predicted octanol–water partition coefficient (Wildman–Crippen LogP) is -0.293. The molecule has 6 radical (unpaired) electrons. The van der Waals surface area contributed by atoms with Crippen LogP contribution in [0.4, 0.5) is 0 Å². The Bertz CT molecular complexity index is 288. The van der Waals surface area contributed by atoms with Crippen molar-refractivity contribution in [2.24, 2.45) is 0 Å². The fourth-order valence-electron chi connectivity index (χ4n) is 1.31. The van der Waals surface area contributed by atoms with Crippen molar-refractivity contribution in [3.8, 4) is 0 Å². The molecule has 72 valence electrons. The van der Waals surface area contributed by atoms with Crippen LogP contribution in [0.15, 0.2) is 21.5 Å². The number of allylic oxidation sites excluding steroid dienone is 2. The minimum absolute atomic E-state index is 0.0579. The molecule has 0 fully saturated rings. The van der Waals surface area contributed by atoms with Crippen LogP contribution in [0.25, 0.3) is 0 Å². The van der Waals surface area contributed by atoms with E-state index in [1.54, 1.807) is 14.2 Å². The molecular weight excluding hydrogens is 212 g/mol. The van der Waals surface area contributed by atoms with Gasteiger partial charge in [-0.05, 0) is 21.5 Å². The number of methoxy groups -OCH3 is 2. The van der Waals surface area contributed by atoms with Crippen molar-refractivity contribution in [1.82, 2.24) is 0 Å². The van der Waals surface area contributed by atoms with E-state index in [0.717, 1.165) is 11.1 Å². The van der Waals surface area contributed by atoms with Crippen LogP contribution in [0.5, 0.6) is 0 Å². The van der Waals surface area contributed by atoms with E-state index in [9.17, 15) is 4.79 Å². The lowest BCUT2D eigenvalue weighted by Gasteiger charge is -2.08. The second-order valence-electron chi connectivity index (χ2n) is 2.90. The van der Waals surface area contributed by atoms with Gasteiger partial charge in [0.15, 0.2) is 5.78 Å². The molecule has 0 amide bonds. The number of hydrogen-bond acceptors (Lipinski definition) is 3. The highest BCUT2D eigenvalue weighted by atomic mass is 28.1. The van der Waals surface area contributed by atoms with Crippen LogP contribution in [-0.4, -0.2) is 53.7 Å². The molecule has 0 heterocycles. The summed E-state index contributed by atoms with van der Waals surface area (Å²) in [6, 6.07) is 0. The first-order chi connectivity index (χ1) is 6.63. The van der Waals surface area contributed by atoms with E-state index in [0.29, 0.717) is 23.6 Å². The van der Waals surface area contributed by atoms with Crippen LogP contribution in [-0.2, 0) is 14.3 Å². The molecule has 1 rings (SSSR count). The topological polar surface area (TPSA) is 35.5 Å². The first kappa shape index (κ1) is 11.6. The van der Waals surface area contributed by atoms with Gasteiger partial charge in [-0.15, -0.1) is 0 Å². The van der Waals surface area contributed by atoms with E-state index < -0.39 is 0 Å². The van der Waals surface area contributed by atoms with E-state index in [1.165, 1.54) is 0 Å². The van der Waals surface area contributed by atoms with E-state index in [4.69, 9.17) is 9.47 Å². The maximum absolute atomic E-state index is 11.6. The molecule has 0 aliphatic heterocycles. The highest BCUT2D eigenvalue weighted by Gasteiger charge is 2.25. The lowest BCUT2D eigenvalue weighted by atomic mass is 10.1. The average molecular weight is 222 g/mol. The Morgan fingerprint density at radius 3 is 1.64 bits per heavy atom. The van der Waals surface area contributed by atoms with Crippen LogP contribution >= 0.6 is 0 Å². The quantitative estimate of drug-likeness (QED) is 0.613. The van der Waals surface area contributed by atoms with Gasteiger partial charge in [0.25, 0.3) is 0 Å². The number of ketones is 1. The lowest BCUT2D eigenvalue weighted by molar-refractivity contribution is -0.111. The van der Waals surface area contributed by atoms with Crippen molar-refractivity contribution in [2.45, 2.75) is 0 Å². The second-order valence-corrected chi connectivity index (χ2v) is 3.90. The number of ether oxygens (including phenoxy) is 2. The monoisotopic (exact) mass is 222 g/mol. The third kappa shape index (κ3) is 1.95. The molecule has 3 nitrogen and oxygen atoms in total. The van der Waals surface area contributed by atoms with Gasteiger partial charge < -0.3 is 9.47 Å². The summed E-state index contributed by atoms with van der Waals surface area (Å²) in [6.45, 7) is 0.800. The SMILES string of the molecule is COCC1=C([Si])C(=O)C([Si])=C1COC. The normalized spacial score (nSPS) is 17.3. The Kier molecular flexibility index (Phi) is 4.00. The van der Waals surface area contributed by atoms with Crippen molar-refractivity contribution in [2.75, 3.05) is 27.4 Å². The van der Waals surface area contributed by atoms with Gasteiger partial charge in [0, 0.05) is 14.2 Å². The average Bonchev–Trinajstić information content (AvgIpc) is 2.36. The van der Waals surface area contributed by atoms with Gasteiger partial charge in [-0.1, -0.05) is 0 Å². The molecule has 0 saturated carbocycles. The van der Waals surface area contributed by atoms with E-state index in [2.05, 4.69) is 20.5 Å². The Hall–Kier alpha value is -0.496. The molecule has 0 aromatic rings. The smallest absolute Gasteiger partial charge is 0.176 e. The fraction of sp³-hybridized carbons (Fsp3) is 0.444.